The third-order valence-corrected chi connectivity index (χ3v) is 5.00. The molecule has 6 heteroatoms. The number of hydrogen-bond acceptors (Lipinski definition) is 5. The number of fused-ring (bicyclic) bond motifs is 1. The number of rotatable bonds is 2. The van der Waals surface area contributed by atoms with Crippen LogP contribution in [0.5, 0.6) is 5.88 Å². The van der Waals surface area contributed by atoms with Crippen molar-refractivity contribution in [1.29, 1.82) is 5.26 Å². The highest BCUT2D eigenvalue weighted by Gasteiger charge is 2.35. The minimum Gasteiger partial charge on any atom is -0.420 e. The van der Waals surface area contributed by atoms with Crippen molar-refractivity contribution in [3.05, 3.63) is 69.9 Å². The Morgan fingerprint density at radius 1 is 1.29 bits per heavy atom. The average molecular weight is 334 g/mol. The lowest BCUT2D eigenvalue weighted by molar-refractivity contribution is 0.379. The SMILES string of the molecule is Cc1ccc([C@H]2C(C#N)=C(N)Oc3n[nH]c(-c4cccs4)c32)cc1. The zero-order valence-electron chi connectivity index (χ0n) is 12.9. The van der Waals surface area contributed by atoms with Crippen LogP contribution >= 0.6 is 11.3 Å². The molecule has 3 aromatic rings. The van der Waals surface area contributed by atoms with E-state index < -0.39 is 0 Å². The third kappa shape index (κ3) is 2.18. The minimum absolute atomic E-state index is 0.111. The van der Waals surface area contributed by atoms with Crippen LogP contribution in [0.2, 0.25) is 0 Å². The van der Waals surface area contributed by atoms with E-state index in [1.165, 1.54) is 0 Å². The molecule has 0 saturated heterocycles. The summed E-state index contributed by atoms with van der Waals surface area (Å²) in [5.74, 6) is 0.246. The monoisotopic (exact) mass is 334 g/mol. The maximum atomic E-state index is 9.64. The standard InChI is InChI=1S/C18H14N4OS/c1-10-4-6-11(7-5-10)14-12(9-19)17(20)23-18-15(14)16(21-22-18)13-3-2-8-24-13/h2-8,14H,20H2,1H3,(H,21,22)/t14-/m0/s1. The number of aromatic nitrogens is 2. The molecule has 4 rings (SSSR count). The molecule has 1 aromatic carbocycles. The number of ether oxygens (including phenoxy) is 1. The number of H-pyrrole nitrogens is 1. The highest BCUT2D eigenvalue weighted by molar-refractivity contribution is 7.13. The molecule has 0 fully saturated rings. The molecule has 0 bridgehead atoms. The van der Waals surface area contributed by atoms with Crippen molar-refractivity contribution in [1.82, 2.24) is 10.2 Å². The molecule has 0 amide bonds. The Morgan fingerprint density at radius 2 is 2.08 bits per heavy atom. The summed E-state index contributed by atoms with van der Waals surface area (Å²) in [6.45, 7) is 2.03. The summed E-state index contributed by atoms with van der Waals surface area (Å²) in [6, 6.07) is 14.3. The second-order valence-corrected chi connectivity index (χ2v) is 6.58. The summed E-state index contributed by atoms with van der Waals surface area (Å²) in [7, 11) is 0. The average Bonchev–Trinajstić information content (AvgIpc) is 3.23. The molecule has 2 aromatic heterocycles. The lowest BCUT2D eigenvalue weighted by Gasteiger charge is -2.24. The van der Waals surface area contributed by atoms with Gasteiger partial charge in [-0.3, -0.25) is 5.10 Å². The number of nitrogens with zero attached hydrogens (tertiary/aromatic N) is 2. The first-order valence-electron chi connectivity index (χ1n) is 7.45. The quantitative estimate of drug-likeness (QED) is 0.748. The van der Waals surface area contributed by atoms with E-state index in [2.05, 4.69) is 16.3 Å². The topological polar surface area (TPSA) is 87.7 Å². The van der Waals surface area contributed by atoms with E-state index in [0.717, 1.165) is 27.3 Å². The van der Waals surface area contributed by atoms with Crippen molar-refractivity contribution >= 4 is 11.3 Å². The second kappa shape index (κ2) is 5.55. The summed E-state index contributed by atoms with van der Waals surface area (Å²) >= 11 is 1.61. The van der Waals surface area contributed by atoms with E-state index in [0.29, 0.717) is 11.5 Å². The van der Waals surface area contributed by atoms with Crippen LogP contribution in [0.4, 0.5) is 0 Å². The van der Waals surface area contributed by atoms with Crippen LogP contribution in [0.3, 0.4) is 0 Å². The molecule has 3 heterocycles. The van der Waals surface area contributed by atoms with Gasteiger partial charge in [-0.15, -0.1) is 16.4 Å². The molecule has 3 N–H and O–H groups in total. The van der Waals surface area contributed by atoms with E-state index in [9.17, 15) is 5.26 Å². The number of thiophene rings is 1. The van der Waals surface area contributed by atoms with Crippen molar-refractivity contribution in [2.75, 3.05) is 0 Å². The molecule has 1 aliphatic rings. The Bertz CT molecular complexity index is 962. The van der Waals surface area contributed by atoms with Crippen LogP contribution in [-0.4, -0.2) is 10.2 Å². The van der Waals surface area contributed by atoms with Crippen molar-refractivity contribution in [3.8, 4) is 22.5 Å². The maximum Gasteiger partial charge on any atom is 0.244 e. The highest BCUT2D eigenvalue weighted by atomic mass is 32.1. The summed E-state index contributed by atoms with van der Waals surface area (Å²) < 4.78 is 5.59. The van der Waals surface area contributed by atoms with Crippen LogP contribution in [0.1, 0.15) is 22.6 Å². The van der Waals surface area contributed by atoms with E-state index in [4.69, 9.17) is 10.5 Å². The van der Waals surface area contributed by atoms with Gasteiger partial charge in [0.2, 0.25) is 11.8 Å². The molecule has 0 radical (unpaired) electrons. The predicted molar refractivity (Wildman–Crippen MR) is 92.4 cm³/mol. The first kappa shape index (κ1) is 14.5. The van der Waals surface area contributed by atoms with Crippen LogP contribution in [-0.2, 0) is 0 Å². The highest BCUT2D eigenvalue weighted by Crippen LogP contribution is 2.46. The first-order chi connectivity index (χ1) is 11.7. The van der Waals surface area contributed by atoms with Crippen molar-refractivity contribution in [2.24, 2.45) is 5.73 Å². The van der Waals surface area contributed by atoms with Crippen LogP contribution in [0.25, 0.3) is 10.6 Å². The number of nitrogens with one attached hydrogen (secondary N) is 1. The van der Waals surface area contributed by atoms with E-state index in [1.807, 2.05) is 48.7 Å². The number of allylic oxidation sites excluding steroid dienone is 1. The Balaban J connectivity index is 1.95. The Hall–Kier alpha value is -3.04. The normalized spacial score (nSPS) is 16.4. The molecular formula is C18H14N4OS. The Labute approximate surface area is 143 Å². The summed E-state index contributed by atoms with van der Waals surface area (Å²) in [5.41, 5.74) is 10.3. The molecule has 0 aliphatic carbocycles. The van der Waals surface area contributed by atoms with Gasteiger partial charge in [-0.25, -0.2) is 0 Å². The summed E-state index contributed by atoms with van der Waals surface area (Å²) in [5, 5.41) is 18.9. The van der Waals surface area contributed by atoms with Crippen LogP contribution < -0.4 is 10.5 Å². The van der Waals surface area contributed by atoms with Crippen molar-refractivity contribution in [3.63, 3.8) is 0 Å². The van der Waals surface area contributed by atoms with Gasteiger partial charge in [0, 0.05) is 0 Å². The van der Waals surface area contributed by atoms with Gasteiger partial charge in [0.15, 0.2) is 0 Å². The molecule has 1 aliphatic heterocycles. The molecule has 24 heavy (non-hydrogen) atoms. The van der Waals surface area contributed by atoms with Gasteiger partial charge in [-0.05, 0) is 23.9 Å². The van der Waals surface area contributed by atoms with Gasteiger partial charge in [0.05, 0.1) is 22.1 Å². The number of aromatic amines is 1. The minimum atomic E-state index is -0.296. The van der Waals surface area contributed by atoms with E-state index >= 15 is 0 Å². The lowest BCUT2D eigenvalue weighted by Crippen LogP contribution is -2.20. The van der Waals surface area contributed by atoms with E-state index in [-0.39, 0.29) is 11.8 Å². The molecule has 5 nitrogen and oxygen atoms in total. The fourth-order valence-electron chi connectivity index (χ4n) is 2.95. The van der Waals surface area contributed by atoms with Gasteiger partial charge in [-0.1, -0.05) is 35.9 Å². The molecule has 118 valence electrons. The predicted octanol–water partition coefficient (Wildman–Crippen LogP) is 3.66. The molecule has 0 saturated carbocycles. The van der Waals surface area contributed by atoms with Crippen LogP contribution in [0.15, 0.2) is 53.2 Å². The number of benzene rings is 1. The van der Waals surface area contributed by atoms with Gasteiger partial charge in [-0.2, -0.15) is 5.26 Å². The Kier molecular flexibility index (Phi) is 3.36. The van der Waals surface area contributed by atoms with Crippen molar-refractivity contribution < 1.29 is 4.74 Å². The first-order valence-corrected chi connectivity index (χ1v) is 8.33. The maximum absolute atomic E-state index is 9.64. The van der Waals surface area contributed by atoms with E-state index in [1.54, 1.807) is 11.3 Å². The molecule has 0 spiro atoms. The molecule has 1 atom stereocenters. The van der Waals surface area contributed by atoms with Gasteiger partial charge in [0.1, 0.15) is 11.6 Å². The Morgan fingerprint density at radius 3 is 2.75 bits per heavy atom. The third-order valence-electron chi connectivity index (χ3n) is 4.12. The smallest absolute Gasteiger partial charge is 0.244 e. The zero-order valence-corrected chi connectivity index (χ0v) is 13.7. The fraction of sp³-hybridized carbons (Fsp3) is 0.111. The second-order valence-electron chi connectivity index (χ2n) is 5.63. The summed E-state index contributed by atoms with van der Waals surface area (Å²) in [6.07, 6.45) is 0. The largest absolute Gasteiger partial charge is 0.420 e. The van der Waals surface area contributed by atoms with Gasteiger partial charge >= 0.3 is 0 Å². The number of aryl methyl sites for hydroxylation is 1. The van der Waals surface area contributed by atoms with Crippen molar-refractivity contribution in [2.45, 2.75) is 12.8 Å². The lowest BCUT2D eigenvalue weighted by atomic mass is 9.83. The zero-order chi connectivity index (χ0) is 16.7. The number of nitriles is 1. The fourth-order valence-corrected chi connectivity index (χ4v) is 3.68. The number of hydrogen-bond donors (Lipinski definition) is 2. The van der Waals surface area contributed by atoms with Gasteiger partial charge in [0.25, 0.3) is 0 Å². The molecule has 0 unspecified atom stereocenters. The van der Waals surface area contributed by atoms with Gasteiger partial charge < -0.3 is 10.5 Å². The summed E-state index contributed by atoms with van der Waals surface area (Å²) in [4.78, 5) is 1.04. The molecular weight excluding hydrogens is 320 g/mol. The number of nitrogens with two attached hydrogens (primary N) is 1. The van der Waals surface area contributed by atoms with Crippen LogP contribution in [0, 0.1) is 18.3 Å².